The van der Waals surface area contributed by atoms with Crippen LogP contribution in [0.3, 0.4) is 0 Å². The average Bonchev–Trinajstić information content (AvgIpc) is 2.83. The van der Waals surface area contributed by atoms with Crippen LogP contribution in [0.15, 0.2) is 23.3 Å². The Labute approximate surface area is 136 Å². The third-order valence-corrected chi connectivity index (χ3v) is 3.71. The molecule has 0 aromatic heterocycles. The third-order valence-electron chi connectivity index (χ3n) is 3.71. The lowest BCUT2D eigenvalue weighted by atomic mass is 9.98. The largest absolute Gasteiger partial charge is 0.438 e. The predicted molar refractivity (Wildman–Crippen MR) is 80.2 cm³/mol. The molecule has 0 spiro atoms. The summed E-state index contributed by atoms with van der Waals surface area (Å²) in [6.45, 7) is 3.57. The van der Waals surface area contributed by atoms with Crippen LogP contribution in [-0.4, -0.2) is 39.9 Å². The highest BCUT2D eigenvalue weighted by atomic mass is 19.4. The van der Waals surface area contributed by atoms with Crippen LogP contribution in [-0.2, 0) is 9.59 Å². The summed E-state index contributed by atoms with van der Waals surface area (Å²) in [7, 11) is 0. The van der Waals surface area contributed by atoms with Crippen LogP contribution in [0.4, 0.5) is 13.2 Å². The Kier molecular flexibility index (Phi) is 4.80. The van der Waals surface area contributed by atoms with Crippen molar-refractivity contribution < 1.29 is 27.9 Å². The van der Waals surface area contributed by atoms with Crippen molar-refractivity contribution in [2.75, 3.05) is 0 Å². The first-order chi connectivity index (χ1) is 11.1. The fraction of sp³-hybridized carbons (Fsp3) is 0.438. The molecule has 1 N–H and O–H groups in total. The lowest BCUT2D eigenvalue weighted by Crippen LogP contribution is -2.56. The zero-order valence-corrected chi connectivity index (χ0v) is 13.2. The molecule has 1 aliphatic heterocycles. The van der Waals surface area contributed by atoms with Crippen LogP contribution in [0.25, 0.3) is 0 Å². The van der Waals surface area contributed by atoms with E-state index in [0.717, 1.165) is 11.1 Å². The van der Waals surface area contributed by atoms with Gasteiger partial charge in [-0.25, -0.2) is 0 Å². The zero-order valence-electron chi connectivity index (χ0n) is 13.2. The quantitative estimate of drug-likeness (QED) is 0.855. The van der Waals surface area contributed by atoms with Crippen molar-refractivity contribution in [2.45, 2.75) is 45.0 Å². The van der Waals surface area contributed by atoms with E-state index >= 15 is 0 Å². The monoisotopic (exact) mass is 342 g/mol. The van der Waals surface area contributed by atoms with Crippen LogP contribution in [0.5, 0.6) is 0 Å². The molecule has 1 aromatic rings. The number of hydrogen-bond donors (Lipinski definition) is 1. The number of aldehydes is 1. The molecule has 1 aliphatic rings. The fourth-order valence-electron chi connectivity index (χ4n) is 2.62. The van der Waals surface area contributed by atoms with E-state index in [1.54, 1.807) is 26.0 Å². The molecular weight excluding hydrogens is 325 g/mol. The topological polar surface area (TPSA) is 70.0 Å². The Bertz CT molecular complexity index is 680. The van der Waals surface area contributed by atoms with E-state index < -0.39 is 30.7 Å². The number of hydrogen-bond acceptors (Lipinski definition) is 4. The molecule has 0 saturated carbocycles. The van der Waals surface area contributed by atoms with Gasteiger partial charge in [0.2, 0.25) is 5.91 Å². The summed E-state index contributed by atoms with van der Waals surface area (Å²) in [5.41, 5.74) is -1.36. The highest BCUT2D eigenvalue weighted by Gasteiger charge is 2.63. The van der Waals surface area contributed by atoms with Gasteiger partial charge in [-0.3, -0.25) is 4.79 Å². The van der Waals surface area contributed by atoms with Gasteiger partial charge >= 0.3 is 6.18 Å². The highest BCUT2D eigenvalue weighted by molar-refractivity contribution is 6.03. The molecule has 5 nitrogen and oxygen atoms in total. The highest BCUT2D eigenvalue weighted by Crippen LogP contribution is 2.41. The van der Waals surface area contributed by atoms with Crippen LogP contribution in [0.1, 0.15) is 36.0 Å². The zero-order chi connectivity index (χ0) is 18.1. The molecule has 130 valence electrons. The molecule has 1 aromatic carbocycles. The molecule has 0 radical (unpaired) electrons. The van der Waals surface area contributed by atoms with Crippen molar-refractivity contribution in [2.24, 2.45) is 5.10 Å². The van der Waals surface area contributed by atoms with E-state index in [-0.39, 0.29) is 17.1 Å². The molecule has 1 unspecified atom stereocenters. The summed E-state index contributed by atoms with van der Waals surface area (Å²) >= 11 is 0. The van der Waals surface area contributed by atoms with Gasteiger partial charge in [0.15, 0.2) is 0 Å². The number of nitrogens with zero attached hydrogens (tertiary/aromatic N) is 2. The number of amides is 1. The minimum Gasteiger partial charge on any atom is -0.362 e. The molecule has 2 rings (SSSR count). The van der Waals surface area contributed by atoms with Crippen molar-refractivity contribution in [1.82, 2.24) is 5.01 Å². The standard InChI is InChI=1S/C16H17F3N2O3/c1-10-6-11(2)8-12(7-10)13-9-15(24,16(17,18)19)21(20-13)14(23)4-3-5-22/h5-8,24H,3-4,9H2,1-2H3. The summed E-state index contributed by atoms with van der Waals surface area (Å²) < 4.78 is 40.0. The van der Waals surface area contributed by atoms with Crippen LogP contribution in [0, 0.1) is 13.8 Å². The van der Waals surface area contributed by atoms with Gasteiger partial charge in [-0.2, -0.15) is 23.3 Å². The molecule has 0 bridgehead atoms. The van der Waals surface area contributed by atoms with Gasteiger partial charge in [-0.05, 0) is 19.4 Å². The maximum atomic E-state index is 13.3. The van der Waals surface area contributed by atoms with E-state index in [2.05, 4.69) is 5.10 Å². The Morgan fingerprint density at radius 3 is 2.42 bits per heavy atom. The maximum absolute atomic E-state index is 13.3. The van der Waals surface area contributed by atoms with Crippen LogP contribution in [0.2, 0.25) is 0 Å². The lowest BCUT2D eigenvalue weighted by molar-refractivity contribution is -0.302. The van der Waals surface area contributed by atoms with Gasteiger partial charge in [0.1, 0.15) is 6.29 Å². The summed E-state index contributed by atoms with van der Waals surface area (Å²) in [6.07, 6.45) is -6.20. The lowest BCUT2D eigenvalue weighted by Gasteiger charge is -2.32. The van der Waals surface area contributed by atoms with E-state index in [9.17, 15) is 27.9 Å². The van der Waals surface area contributed by atoms with E-state index in [0.29, 0.717) is 11.8 Å². The van der Waals surface area contributed by atoms with Crippen molar-refractivity contribution in [3.63, 3.8) is 0 Å². The normalized spacial score (nSPS) is 20.9. The third kappa shape index (κ3) is 3.33. The second-order valence-electron chi connectivity index (χ2n) is 5.83. The van der Waals surface area contributed by atoms with Gasteiger partial charge in [0.05, 0.1) is 12.1 Å². The molecule has 1 heterocycles. The number of aliphatic hydroxyl groups is 1. The molecule has 1 atom stereocenters. The first-order valence-corrected chi connectivity index (χ1v) is 7.30. The van der Waals surface area contributed by atoms with E-state index in [1.165, 1.54) is 0 Å². The molecule has 24 heavy (non-hydrogen) atoms. The van der Waals surface area contributed by atoms with Gasteiger partial charge in [-0.1, -0.05) is 29.3 Å². The Morgan fingerprint density at radius 2 is 1.92 bits per heavy atom. The molecule has 0 saturated heterocycles. The first-order valence-electron chi connectivity index (χ1n) is 7.30. The molecule has 1 amide bonds. The maximum Gasteiger partial charge on any atom is 0.438 e. The van der Waals surface area contributed by atoms with Crippen molar-refractivity contribution in [3.05, 3.63) is 34.9 Å². The molecular formula is C16H17F3N2O3. The van der Waals surface area contributed by atoms with Crippen LogP contribution >= 0.6 is 0 Å². The number of benzene rings is 1. The van der Waals surface area contributed by atoms with Gasteiger partial charge in [-0.15, -0.1) is 0 Å². The molecule has 0 fully saturated rings. The average molecular weight is 342 g/mol. The predicted octanol–water partition coefficient (Wildman–Crippen LogP) is 2.47. The van der Waals surface area contributed by atoms with Gasteiger partial charge < -0.3 is 9.90 Å². The second-order valence-corrected chi connectivity index (χ2v) is 5.83. The fourth-order valence-corrected chi connectivity index (χ4v) is 2.62. The SMILES string of the molecule is Cc1cc(C)cc(C2=NN(C(=O)CCC=O)C(O)(C(F)(F)F)C2)c1. The van der Waals surface area contributed by atoms with Crippen molar-refractivity contribution >= 4 is 17.9 Å². The molecule has 8 heteroatoms. The summed E-state index contributed by atoms with van der Waals surface area (Å²) in [5, 5.41) is 13.9. The number of halogens is 3. The minimum absolute atomic E-state index is 0.0268. The number of carbonyl (C=O) groups is 2. The Hall–Kier alpha value is -2.22. The minimum atomic E-state index is -5.08. The number of hydrazone groups is 1. The summed E-state index contributed by atoms with van der Waals surface area (Å²) in [6, 6.07) is 5.13. The van der Waals surface area contributed by atoms with Gasteiger partial charge in [0, 0.05) is 12.8 Å². The number of alkyl halides is 3. The van der Waals surface area contributed by atoms with Crippen molar-refractivity contribution in [1.29, 1.82) is 0 Å². The smallest absolute Gasteiger partial charge is 0.362 e. The Balaban J connectivity index is 2.44. The van der Waals surface area contributed by atoms with Gasteiger partial charge in [0.25, 0.3) is 5.72 Å². The second kappa shape index (κ2) is 6.35. The summed E-state index contributed by atoms with van der Waals surface area (Å²) in [4.78, 5) is 22.3. The number of carbonyl (C=O) groups excluding carboxylic acids is 2. The number of rotatable bonds is 4. The molecule has 0 aliphatic carbocycles. The van der Waals surface area contributed by atoms with E-state index in [4.69, 9.17) is 0 Å². The summed E-state index contributed by atoms with van der Waals surface area (Å²) in [5.74, 6) is -1.05. The Morgan fingerprint density at radius 1 is 1.33 bits per heavy atom. The van der Waals surface area contributed by atoms with E-state index in [1.807, 2.05) is 6.07 Å². The van der Waals surface area contributed by atoms with Crippen molar-refractivity contribution in [3.8, 4) is 0 Å². The van der Waals surface area contributed by atoms with Crippen LogP contribution < -0.4 is 0 Å². The number of aryl methyl sites for hydroxylation is 2. The first kappa shape index (κ1) is 18.1.